The highest BCUT2D eigenvalue weighted by Crippen LogP contribution is 2.13. The molecule has 2 aromatic rings. The first-order valence-corrected chi connectivity index (χ1v) is 12.1. The Morgan fingerprint density at radius 3 is 1.43 bits per heavy atom. The lowest BCUT2D eigenvalue weighted by Gasteiger charge is -2.05. The third kappa shape index (κ3) is 14.0. The van der Waals surface area contributed by atoms with Gasteiger partial charge >= 0.3 is 0 Å². The molecule has 0 bridgehead atoms. The van der Waals surface area contributed by atoms with E-state index in [9.17, 15) is 0 Å². The molecule has 2 rings (SSSR count). The number of allylic oxidation sites excluding steroid dienone is 2. The van der Waals surface area contributed by atoms with Crippen LogP contribution in [0, 0.1) is 11.8 Å². The summed E-state index contributed by atoms with van der Waals surface area (Å²) in [5, 5.41) is 0. The fraction of sp³-hybridized carbons (Fsp3) is 0.467. The van der Waals surface area contributed by atoms with Gasteiger partial charge in [-0.2, -0.15) is 0 Å². The Labute approximate surface area is 187 Å². The molecular weight excluding hydrogens is 360 g/mol. The number of hydrogen-bond donors (Lipinski definition) is 0. The van der Waals surface area contributed by atoms with E-state index in [4.69, 9.17) is 0 Å². The molecule has 0 aliphatic heterocycles. The third-order valence-electron chi connectivity index (χ3n) is 5.36. The van der Waals surface area contributed by atoms with Gasteiger partial charge < -0.3 is 0 Å². The summed E-state index contributed by atoms with van der Waals surface area (Å²) in [5.41, 5.74) is 2.61. The van der Waals surface area contributed by atoms with E-state index in [-0.39, 0.29) is 0 Å². The van der Waals surface area contributed by atoms with Gasteiger partial charge in [-0.3, -0.25) is 0 Å². The first-order valence-electron chi connectivity index (χ1n) is 12.1. The van der Waals surface area contributed by atoms with Crippen molar-refractivity contribution in [2.45, 2.75) is 79.1 Å². The Morgan fingerprint density at radius 2 is 1.00 bits per heavy atom. The van der Waals surface area contributed by atoms with Gasteiger partial charge in [0.15, 0.2) is 0 Å². The zero-order chi connectivity index (χ0) is 21.9. The SMILES string of the molecule is CCCCC(C)C=Cc1ccccc1.CCCCCCC(C)C=Cc1ccccc1. The molecule has 0 saturated heterocycles. The highest BCUT2D eigenvalue weighted by Gasteiger charge is 1.97. The zero-order valence-corrected chi connectivity index (χ0v) is 19.9. The Morgan fingerprint density at radius 1 is 0.567 bits per heavy atom. The molecule has 0 nitrogen and oxygen atoms in total. The predicted molar refractivity (Wildman–Crippen MR) is 138 cm³/mol. The van der Waals surface area contributed by atoms with E-state index in [1.165, 1.54) is 62.5 Å². The summed E-state index contributed by atoms with van der Waals surface area (Å²) in [6.07, 6.45) is 19.8. The maximum atomic E-state index is 2.33. The smallest absolute Gasteiger partial charge is 0.0259 e. The molecule has 0 saturated carbocycles. The van der Waals surface area contributed by atoms with Gasteiger partial charge in [-0.25, -0.2) is 0 Å². The minimum atomic E-state index is 0.704. The number of unbranched alkanes of at least 4 members (excludes halogenated alkanes) is 4. The van der Waals surface area contributed by atoms with Crippen LogP contribution in [0.4, 0.5) is 0 Å². The molecule has 2 atom stereocenters. The summed E-state index contributed by atoms with van der Waals surface area (Å²) in [6.45, 7) is 9.10. The van der Waals surface area contributed by atoms with E-state index in [0.717, 1.165) is 0 Å². The minimum Gasteiger partial charge on any atom is -0.0811 e. The lowest BCUT2D eigenvalue weighted by Crippen LogP contribution is -1.89. The summed E-state index contributed by atoms with van der Waals surface area (Å²) in [7, 11) is 0. The van der Waals surface area contributed by atoms with Crippen molar-refractivity contribution in [3.63, 3.8) is 0 Å². The number of rotatable bonds is 12. The Hall–Kier alpha value is -2.08. The fourth-order valence-electron chi connectivity index (χ4n) is 3.29. The molecule has 0 aliphatic rings. The van der Waals surface area contributed by atoms with Gasteiger partial charge in [0.1, 0.15) is 0 Å². The van der Waals surface area contributed by atoms with Gasteiger partial charge in [0.25, 0.3) is 0 Å². The molecule has 0 fully saturated rings. The lowest BCUT2D eigenvalue weighted by molar-refractivity contribution is 0.562. The van der Waals surface area contributed by atoms with E-state index >= 15 is 0 Å². The van der Waals surface area contributed by atoms with Crippen molar-refractivity contribution < 1.29 is 0 Å². The maximum Gasteiger partial charge on any atom is -0.0259 e. The van der Waals surface area contributed by atoms with Crippen LogP contribution in [-0.4, -0.2) is 0 Å². The molecule has 0 spiro atoms. The van der Waals surface area contributed by atoms with Crippen LogP contribution in [0.1, 0.15) is 90.2 Å². The molecule has 2 aromatic carbocycles. The van der Waals surface area contributed by atoms with Gasteiger partial charge in [0, 0.05) is 0 Å². The number of benzene rings is 2. The van der Waals surface area contributed by atoms with Gasteiger partial charge in [0.2, 0.25) is 0 Å². The van der Waals surface area contributed by atoms with Crippen molar-refractivity contribution in [1.82, 2.24) is 0 Å². The molecule has 0 heterocycles. The summed E-state index contributed by atoms with van der Waals surface area (Å²) in [6, 6.07) is 21.0. The standard InChI is InChI=1S/C16H24.C14H20/c1-3-4-5-7-10-15(2)13-14-16-11-8-6-9-12-16;1-3-4-8-13(2)11-12-14-9-6-5-7-10-14/h6,8-9,11-15H,3-5,7,10H2,1-2H3;5-7,9-13H,3-4,8H2,1-2H3. The third-order valence-corrected chi connectivity index (χ3v) is 5.36. The molecule has 0 aliphatic carbocycles. The average Bonchev–Trinajstić information content (AvgIpc) is 2.79. The van der Waals surface area contributed by atoms with E-state index in [1.54, 1.807) is 0 Å². The van der Waals surface area contributed by atoms with Gasteiger partial charge in [-0.05, 0) is 35.8 Å². The molecule has 2 unspecified atom stereocenters. The second kappa shape index (κ2) is 17.8. The van der Waals surface area contributed by atoms with E-state index in [1.807, 2.05) is 0 Å². The summed E-state index contributed by atoms with van der Waals surface area (Å²) >= 11 is 0. The molecule has 0 radical (unpaired) electrons. The van der Waals surface area contributed by atoms with Crippen LogP contribution < -0.4 is 0 Å². The van der Waals surface area contributed by atoms with Crippen molar-refractivity contribution in [1.29, 1.82) is 0 Å². The lowest BCUT2D eigenvalue weighted by atomic mass is 10.0. The minimum absolute atomic E-state index is 0.704. The summed E-state index contributed by atoms with van der Waals surface area (Å²) < 4.78 is 0. The van der Waals surface area contributed by atoms with Crippen molar-refractivity contribution >= 4 is 12.2 Å². The Bertz CT molecular complexity index is 666. The molecule has 0 aromatic heterocycles. The summed E-state index contributed by atoms with van der Waals surface area (Å²) in [4.78, 5) is 0. The largest absolute Gasteiger partial charge is 0.0811 e. The summed E-state index contributed by atoms with van der Waals surface area (Å²) in [5.74, 6) is 1.41. The second-order valence-electron chi connectivity index (χ2n) is 8.49. The van der Waals surface area contributed by atoms with Crippen LogP contribution in [-0.2, 0) is 0 Å². The van der Waals surface area contributed by atoms with Gasteiger partial charge in [-0.15, -0.1) is 0 Å². The van der Waals surface area contributed by atoms with Crippen LogP contribution in [0.5, 0.6) is 0 Å². The maximum absolute atomic E-state index is 2.33. The Balaban J connectivity index is 0.000000303. The van der Waals surface area contributed by atoms with Gasteiger partial charge in [-0.1, -0.05) is 151 Å². The van der Waals surface area contributed by atoms with Crippen molar-refractivity contribution in [2.75, 3.05) is 0 Å². The van der Waals surface area contributed by atoms with Crippen LogP contribution in [0.25, 0.3) is 12.2 Å². The van der Waals surface area contributed by atoms with Crippen molar-refractivity contribution in [3.05, 3.63) is 83.9 Å². The predicted octanol–water partition coefficient (Wildman–Crippen LogP) is 9.83. The Kier molecular flexibility index (Phi) is 15.4. The van der Waals surface area contributed by atoms with Crippen LogP contribution in [0.2, 0.25) is 0 Å². The van der Waals surface area contributed by atoms with E-state index in [0.29, 0.717) is 11.8 Å². The monoisotopic (exact) mass is 404 g/mol. The first kappa shape index (κ1) is 26.0. The molecule has 0 amide bonds. The first-order chi connectivity index (χ1) is 14.7. The highest BCUT2D eigenvalue weighted by atomic mass is 14.0. The fourth-order valence-corrected chi connectivity index (χ4v) is 3.29. The quantitative estimate of drug-likeness (QED) is 0.309. The molecule has 164 valence electrons. The second-order valence-corrected chi connectivity index (χ2v) is 8.49. The molecule has 30 heavy (non-hydrogen) atoms. The van der Waals surface area contributed by atoms with Gasteiger partial charge in [0.05, 0.1) is 0 Å². The number of hydrogen-bond acceptors (Lipinski definition) is 0. The van der Waals surface area contributed by atoms with E-state index < -0.39 is 0 Å². The topological polar surface area (TPSA) is 0 Å². The normalized spacial score (nSPS) is 13.2. The molecule has 0 N–H and O–H groups in total. The van der Waals surface area contributed by atoms with Crippen molar-refractivity contribution in [2.24, 2.45) is 11.8 Å². The van der Waals surface area contributed by atoms with Crippen LogP contribution in [0.15, 0.2) is 72.8 Å². The highest BCUT2D eigenvalue weighted by molar-refractivity contribution is 5.49. The van der Waals surface area contributed by atoms with Crippen molar-refractivity contribution in [3.8, 4) is 0 Å². The zero-order valence-electron chi connectivity index (χ0n) is 19.9. The van der Waals surface area contributed by atoms with Crippen LogP contribution >= 0.6 is 0 Å². The van der Waals surface area contributed by atoms with E-state index in [2.05, 4.69) is 113 Å². The van der Waals surface area contributed by atoms with Crippen LogP contribution in [0.3, 0.4) is 0 Å². The average molecular weight is 405 g/mol. The molecule has 0 heteroatoms. The molecular formula is C30H44.